The molecule has 0 aliphatic carbocycles. The van der Waals surface area contributed by atoms with Gasteiger partial charge < -0.3 is 16.0 Å². The van der Waals surface area contributed by atoms with Crippen LogP contribution in [0.2, 0.25) is 0 Å². The third kappa shape index (κ3) is 5.76. The number of thiophene rings is 1. The number of rotatable bonds is 7. The maximum Gasteiger partial charge on any atom is 0.261 e. The summed E-state index contributed by atoms with van der Waals surface area (Å²) in [5.74, 6) is -0.794. The highest BCUT2D eigenvalue weighted by atomic mass is 32.1. The summed E-state index contributed by atoms with van der Waals surface area (Å²) in [6.07, 6.45) is 0. The summed E-state index contributed by atoms with van der Waals surface area (Å²) in [5, 5.41) is 10.1. The highest BCUT2D eigenvalue weighted by Gasteiger charge is 2.17. The molecule has 0 spiro atoms. The lowest BCUT2D eigenvalue weighted by atomic mass is 10.1. The summed E-state index contributed by atoms with van der Waals surface area (Å²) in [7, 11) is 0. The number of nitrogens with one attached hydrogen (secondary N) is 3. The standard InChI is InChI=1S/C22H21N3O3S/c1-15(24-22(28)19-11-6-12-29-19)20(26)23-14-16-7-5-8-17(13-16)21(27)25-18-9-3-2-4-10-18/h2-13,15H,14H2,1H3,(H,23,26)(H,24,28)(H,25,27). The fourth-order valence-electron chi connectivity index (χ4n) is 2.63. The van der Waals surface area contributed by atoms with Crippen LogP contribution in [0.3, 0.4) is 0 Å². The van der Waals surface area contributed by atoms with E-state index in [0.717, 1.165) is 5.56 Å². The zero-order valence-corrected chi connectivity index (χ0v) is 16.7. The molecule has 0 fully saturated rings. The lowest BCUT2D eigenvalue weighted by Crippen LogP contribution is -2.44. The number of anilines is 1. The lowest BCUT2D eigenvalue weighted by Gasteiger charge is -2.14. The van der Waals surface area contributed by atoms with Gasteiger partial charge in [0.05, 0.1) is 4.88 Å². The molecule has 0 aliphatic rings. The van der Waals surface area contributed by atoms with Crippen molar-refractivity contribution in [2.24, 2.45) is 0 Å². The van der Waals surface area contributed by atoms with Crippen LogP contribution in [0, 0.1) is 0 Å². The lowest BCUT2D eigenvalue weighted by molar-refractivity contribution is -0.122. The van der Waals surface area contributed by atoms with Gasteiger partial charge in [0.25, 0.3) is 11.8 Å². The van der Waals surface area contributed by atoms with Crippen LogP contribution < -0.4 is 16.0 Å². The van der Waals surface area contributed by atoms with Crippen molar-refractivity contribution in [1.82, 2.24) is 10.6 Å². The van der Waals surface area contributed by atoms with Crippen LogP contribution >= 0.6 is 11.3 Å². The fraction of sp³-hybridized carbons (Fsp3) is 0.136. The van der Waals surface area contributed by atoms with E-state index < -0.39 is 6.04 Å². The summed E-state index contributed by atoms with van der Waals surface area (Å²) in [5.41, 5.74) is 2.00. The van der Waals surface area contributed by atoms with Crippen molar-refractivity contribution >= 4 is 34.7 Å². The van der Waals surface area contributed by atoms with E-state index in [9.17, 15) is 14.4 Å². The molecule has 0 bridgehead atoms. The summed E-state index contributed by atoms with van der Waals surface area (Å²) >= 11 is 1.32. The molecule has 7 heteroatoms. The van der Waals surface area contributed by atoms with E-state index in [1.54, 1.807) is 42.6 Å². The van der Waals surface area contributed by atoms with Crippen LogP contribution in [0.5, 0.6) is 0 Å². The largest absolute Gasteiger partial charge is 0.350 e. The zero-order chi connectivity index (χ0) is 20.6. The summed E-state index contributed by atoms with van der Waals surface area (Å²) in [4.78, 5) is 37.3. The van der Waals surface area contributed by atoms with Crippen molar-refractivity contribution in [2.75, 3.05) is 5.32 Å². The first-order valence-corrected chi connectivity index (χ1v) is 9.98. The second-order valence-electron chi connectivity index (χ2n) is 6.41. The Labute approximate surface area is 173 Å². The molecular weight excluding hydrogens is 386 g/mol. The molecule has 0 saturated carbocycles. The van der Waals surface area contributed by atoms with Gasteiger partial charge in [0.2, 0.25) is 5.91 Å². The summed E-state index contributed by atoms with van der Waals surface area (Å²) in [6, 6.07) is 19.1. The number of para-hydroxylation sites is 1. The van der Waals surface area contributed by atoms with Gasteiger partial charge in [-0.25, -0.2) is 0 Å². The number of carbonyl (C=O) groups is 3. The summed E-state index contributed by atoms with van der Waals surface area (Å²) in [6.45, 7) is 1.88. The van der Waals surface area contributed by atoms with E-state index in [-0.39, 0.29) is 24.3 Å². The molecule has 0 aliphatic heterocycles. The van der Waals surface area contributed by atoms with E-state index in [2.05, 4.69) is 16.0 Å². The Morgan fingerprint density at radius 3 is 2.45 bits per heavy atom. The molecule has 0 radical (unpaired) electrons. The van der Waals surface area contributed by atoms with Crippen LogP contribution in [0.25, 0.3) is 0 Å². The molecule has 3 aromatic rings. The van der Waals surface area contributed by atoms with Gasteiger partial charge in [-0.3, -0.25) is 14.4 Å². The van der Waals surface area contributed by atoms with E-state index in [1.165, 1.54) is 11.3 Å². The molecule has 1 heterocycles. The Balaban J connectivity index is 1.53. The first-order chi connectivity index (χ1) is 14.0. The molecule has 3 rings (SSSR count). The van der Waals surface area contributed by atoms with Crippen LogP contribution in [-0.4, -0.2) is 23.8 Å². The Morgan fingerprint density at radius 1 is 0.931 bits per heavy atom. The van der Waals surface area contributed by atoms with Gasteiger partial charge >= 0.3 is 0 Å². The zero-order valence-electron chi connectivity index (χ0n) is 15.8. The first kappa shape index (κ1) is 20.3. The van der Waals surface area contributed by atoms with Gasteiger partial charge in [-0.05, 0) is 48.2 Å². The highest BCUT2D eigenvalue weighted by molar-refractivity contribution is 7.12. The Morgan fingerprint density at radius 2 is 1.72 bits per heavy atom. The van der Waals surface area contributed by atoms with Gasteiger partial charge in [0.1, 0.15) is 6.04 Å². The number of hydrogen-bond acceptors (Lipinski definition) is 4. The predicted molar refractivity (Wildman–Crippen MR) is 114 cm³/mol. The van der Waals surface area contributed by atoms with E-state index >= 15 is 0 Å². The maximum absolute atomic E-state index is 12.4. The topological polar surface area (TPSA) is 87.3 Å². The molecule has 1 aromatic heterocycles. The minimum Gasteiger partial charge on any atom is -0.350 e. The van der Waals surface area contributed by atoms with Gasteiger partial charge in [0, 0.05) is 17.8 Å². The molecule has 2 aromatic carbocycles. The quantitative estimate of drug-likeness (QED) is 0.561. The third-order valence-electron chi connectivity index (χ3n) is 4.17. The van der Waals surface area contributed by atoms with Crippen LogP contribution in [0.1, 0.15) is 32.5 Å². The summed E-state index contributed by atoms with van der Waals surface area (Å²) < 4.78 is 0. The normalized spacial score (nSPS) is 11.3. The van der Waals surface area contributed by atoms with Gasteiger partial charge in [0.15, 0.2) is 0 Å². The van der Waals surface area contributed by atoms with Gasteiger partial charge in [-0.2, -0.15) is 0 Å². The minimum atomic E-state index is -0.672. The monoisotopic (exact) mass is 407 g/mol. The molecule has 3 amide bonds. The molecule has 29 heavy (non-hydrogen) atoms. The molecule has 0 saturated heterocycles. The van der Waals surface area contributed by atoms with Gasteiger partial charge in [-0.15, -0.1) is 11.3 Å². The van der Waals surface area contributed by atoms with Crippen LogP contribution in [-0.2, 0) is 11.3 Å². The molecular formula is C22H21N3O3S. The van der Waals surface area contributed by atoms with Gasteiger partial charge in [-0.1, -0.05) is 36.4 Å². The first-order valence-electron chi connectivity index (χ1n) is 9.10. The number of hydrogen-bond donors (Lipinski definition) is 3. The Hall–Kier alpha value is -3.45. The van der Waals surface area contributed by atoms with E-state index in [4.69, 9.17) is 0 Å². The van der Waals surface area contributed by atoms with Crippen LogP contribution in [0.4, 0.5) is 5.69 Å². The third-order valence-corrected chi connectivity index (χ3v) is 5.04. The number of amides is 3. The van der Waals surface area contributed by atoms with E-state index in [1.807, 2.05) is 36.4 Å². The average molecular weight is 407 g/mol. The molecule has 148 valence electrons. The number of carbonyl (C=O) groups excluding carboxylic acids is 3. The number of benzene rings is 2. The average Bonchev–Trinajstić information content (AvgIpc) is 3.28. The fourth-order valence-corrected chi connectivity index (χ4v) is 3.26. The van der Waals surface area contributed by atoms with Crippen molar-refractivity contribution in [2.45, 2.75) is 19.5 Å². The minimum absolute atomic E-state index is 0.221. The SMILES string of the molecule is CC(NC(=O)c1cccs1)C(=O)NCc1cccc(C(=O)Nc2ccccc2)c1. The van der Waals surface area contributed by atoms with Crippen molar-refractivity contribution in [3.63, 3.8) is 0 Å². The van der Waals surface area contributed by atoms with Crippen molar-refractivity contribution in [3.8, 4) is 0 Å². The molecule has 1 atom stereocenters. The predicted octanol–water partition coefficient (Wildman–Crippen LogP) is 3.44. The molecule has 1 unspecified atom stereocenters. The molecule has 6 nitrogen and oxygen atoms in total. The second kappa shape index (κ2) is 9.66. The van der Waals surface area contributed by atoms with Crippen LogP contribution in [0.15, 0.2) is 72.1 Å². The van der Waals surface area contributed by atoms with E-state index in [0.29, 0.717) is 16.1 Å². The Bertz CT molecular complexity index is 988. The highest BCUT2D eigenvalue weighted by Crippen LogP contribution is 2.11. The Kier molecular flexibility index (Phi) is 6.76. The second-order valence-corrected chi connectivity index (χ2v) is 7.36. The van der Waals surface area contributed by atoms with Crippen molar-refractivity contribution in [1.29, 1.82) is 0 Å². The smallest absolute Gasteiger partial charge is 0.261 e. The molecule has 3 N–H and O–H groups in total. The van der Waals surface area contributed by atoms with Crippen molar-refractivity contribution < 1.29 is 14.4 Å². The maximum atomic E-state index is 12.4. The van der Waals surface area contributed by atoms with Crippen molar-refractivity contribution in [3.05, 3.63) is 88.1 Å².